The summed E-state index contributed by atoms with van der Waals surface area (Å²) in [5.74, 6) is 0.382. The lowest BCUT2D eigenvalue weighted by Crippen LogP contribution is -2.23. The fourth-order valence-corrected chi connectivity index (χ4v) is 3.79. The minimum atomic E-state index is -0.254. The first kappa shape index (κ1) is 21.5. The van der Waals surface area contributed by atoms with E-state index in [0.717, 1.165) is 27.9 Å². The number of rotatable bonds is 7. The van der Waals surface area contributed by atoms with Crippen molar-refractivity contribution in [1.29, 1.82) is 0 Å². The molecule has 7 heteroatoms. The lowest BCUT2D eigenvalue weighted by atomic mass is 10.1. The highest BCUT2D eigenvalue weighted by molar-refractivity contribution is 7.14. The van der Waals surface area contributed by atoms with Crippen molar-refractivity contribution in [3.05, 3.63) is 64.5 Å². The molecule has 0 aliphatic carbocycles. The number of aryl methyl sites for hydroxylation is 2. The summed E-state index contributed by atoms with van der Waals surface area (Å²) in [4.78, 5) is 27.9. The van der Waals surface area contributed by atoms with Gasteiger partial charge in [-0.15, -0.1) is 11.3 Å². The average Bonchev–Trinajstić information content (AvgIpc) is 3.15. The maximum atomic E-state index is 12.2. The fourth-order valence-electron chi connectivity index (χ4n) is 3.05. The number of aromatic nitrogens is 1. The van der Waals surface area contributed by atoms with Crippen LogP contribution in [-0.2, 0) is 9.59 Å². The third-order valence-electron chi connectivity index (χ3n) is 4.57. The van der Waals surface area contributed by atoms with Crippen LogP contribution in [-0.4, -0.2) is 23.4 Å². The van der Waals surface area contributed by atoms with Crippen LogP contribution in [0, 0.1) is 13.8 Å². The molecule has 0 radical (unpaired) electrons. The first-order chi connectivity index (χ1) is 14.3. The lowest BCUT2D eigenvalue weighted by Gasteiger charge is -2.13. The topological polar surface area (TPSA) is 80.3 Å². The summed E-state index contributed by atoms with van der Waals surface area (Å²) in [6.45, 7) is 7.33. The predicted octanol–water partition coefficient (Wildman–Crippen LogP) is 4.64. The lowest BCUT2D eigenvalue weighted by molar-refractivity contribution is -0.119. The number of nitrogens with one attached hydrogen (secondary N) is 2. The Balaban J connectivity index is 1.58. The third kappa shape index (κ3) is 5.67. The Hall–Kier alpha value is -3.19. The molecule has 0 bridgehead atoms. The van der Waals surface area contributed by atoms with Gasteiger partial charge in [0.1, 0.15) is 5.75 Å². The number of nitrogens with zero attached hydrogens (tertiary/aromatic N) is 1. The summed E-state index contributed by atoms with van der Waals surface area (Å²) in [7, 11) is 0. The van der Waals surface area contributed by atoms with E-state index in [1.165, 1.54) is 18.3 Å². The Morgan fingerprint density at radius 1 is 1.13 bits per heavy atom. The zero-order valence-corrected chi connectivity index (χ0v) is 18.3. The molecule has 2 N–H and O–H groups in total. The van der Waals surface area contributed by atoms with Crippen molar-refractivity contribution in [3.63, 3.8) is 0 Å². The van der Waals surface area contributed by atoms with Crippen molar-refractivity contribution in [3.8, 4) is 17.0 Å². The minimum absolute atomic E-state index is 0.0565. The second-order valence-corrected chi connectivity index (χ2v) is 8.05. The molecule has 156 valence electrons. The first-order valence-corrected chi connectivity index (χ1v) is 10.5. The number of amides is 2. The molecule has 0 aliphatic heterocycles. The van der Waals surface area contributed by atoms with Gasteiger partial charge in [0.2, 0.25) is 5.91 Å². The molecule has 1 atom stereocenters. The van der Waals surface area contributed by atoms with Crippen molar-refractivity contribution in [2.45, 2.75) is 33.7 Å². The van der Waals surface area contributed by atoms with Crippen molar-refractivity contribution in [2.24, 2.45) is 0 Å². The van der Waals surface area contributed by atoms with Crippen LogP contribution in [0.15, 0.2) is 47.8 Å². The Kier molecular flexibility index (Phi) is 6.84. The molecule has 1 aromatic heterocycles. The average molecular weight is 424 g/mol. The van der Waals surface area contributed by atoms with Gasteiger partial charge in [-0.25, -0.2) is 4.98 Å². The van der Waals surface area contributed by atoms with Crippen LogP contribution in [0.25, 0.3) is 11.3 Å². The van der Waals surface area contributed by atoms with E-state index in [-0.39, 0.29) is 24.5 Å². The van der Waals surface area contributed by atoms with Crippen molar-refractivity contribution in [1.82, 2.24) is 10.3 Å². The normalized spacial score (nSPS) is 11.6. The Morgan fingerprint density at radius 3 is 2.53 bits per heavy atom. The van der Waals surface area contributed by atoms with E-state index in [1.807, 2.05) is 68.6 Å². The summed E-state index contributed by atoms with van der Waals surface area (Å²) in [6, 6.07) is 13.6. The number of hydrogen-bond donors (Lipinski definition) is 2. The van der Waals surface area contributed by atoms with Gasteiger partial charge in [-0.1, -0.05) is 42.0 Å². The van der Waals surface area contributed by atoms with Gasteiger partial charge in [-0.3, -0.25) is 14.9 Å². The molecule has 3 aromatic rings. The van der Waals surface area contributed by atoms with Crippen LogP contribution in [0.2, 0.25) is 0 Å². The number of hydrogen-bond acceptors (Lipinski definition) is 5. The molecule has 0 saturated carbocycles. The van der Waals surface area contributed by atoms with Crippen LogP contribution in [0.5, 0.6) is 5.75 Å². The number of benzene rings is 2. The van der Waals surface area contributed by atoms with Crippen LogP contribution < -0.4 is 15.4 Å². The molecule has 6 nitrogen and oxygen atoms in total. The van der Waals surface area contributed by atoms with Gasteiger partial charge in [0, 0.05) is 17.9 Å². The Morgan fingerprint density at radius 2 is 1.87 bits per heavy atom. The standard InChI is InChI=1S/C23H25N3O3S/c1-14-5-10-21(15(2)11-14)29-12-22(28)26-23-25-20(13-30-23)19-8-6-18(7-9-19)16(3)24-17(4)27/h5-11,13,16H,12H2,1-4H3,(H,24,27)(H,25,26,28). The predicted molar refractivity (Wildman–Crippen MR) is 120 cm³/mol. The van der Waals surface area contributed by atoms with Gasteiger partial charge in [-0.05, 0) is 38.0 Å². The highest BCUT2D eigenvalue weighted by Crippen LogP contribution is 2.26. The van der Waals surface area contributed by atoms with E-state index in [2.05, 4.69) is 15.6 Å². The SMILES string of the molecule is CC(=O)NC(C)c1ccc(-c2csc(NC(=O)COc3ccc(C)cc3C)n2)cc1. The molecule has 0 saturated heterocycles. The highest BCUT2D eigenvalue weighted by Gasteiger charge is 2.11. The van der Waals surface area contributed by atoms with Gasteiger partial charge < -0.3 is 10.1 Å². The van der Waals surface area contributed by atoms with E-state index < -0.39 is 0 Å². The summed E-state index contributed by atoms with van der Waals surface area (Å²) in [5.41, 5.74) is 4.88. The summed E-state index contributed by atoms with van der Waals surface area (Å²) in [5, 5.41) is 8.06. The molecule has 1 unspecified atom stereocenters. The minimum Gasteiger partial charge on any atom is -0.483 e. The molecular formula is C23H25N3O3S. The summed E-state index contributed by atoms with van der Waals surface area (Å²) >= 11 is 1.36. The molecule has 1 heterocycles. The second-order valence-electron chi connectivity index (χ2n) is 7.19. The number of thiazole rings is 1. The molecular weight excluding hydrogens is 398 g/mol. The van der Waals surface area contributed by atoms with Crippen LogP contribution >= 0.6 is 11.3 Å². The molecule has 30 heavy (non-hydrogen) atoms. The van der Waals surface area contributed by atoms with Crippen LogP contribution in [0.4, 0.5) is 5.13 Å². The maximum absolute atomic E-state index is 12.2. The summed E-state index contributed by atoms with van der Waals surface area (Å²) < 4.78 is 5.62. The van der Waals surface area contributed by atoms with E-state index >= 15 is 0 Å². The van der Waals surface area contributed by atoms with Crippen LogP contribution in [0.1, 0.15) is 36.6 Å². The van der Waals surface area contributed by atoms with Gasteiger partial charge >= 0.3 is 0 Å². The maximum Gasteiger partial charge on any atom is 0.264 e. The smallest absolute Gasteiger partial charge is 0.264 e. The van der Waals surface area contributed by atoms with Crippen molar-refractivity contribution in [2.75, 3.05) is 11.9 Å². The molecule has 3 rings (SSSR count). The number of carbonyl (C=O) groups is 2. The zero-order chi connectivity index (χ0) is 21.7. The zero-order valence-electron chi connectivity index (χ0n) is 17.5. The highest BCUT2D eigenvalue weighted by atomic mass is 32.1. The molecule has 0 aliphatic rings. The van der Waals surface area contributed by atoms with E-state index in [1.54, 1.807) is 0 Å². The molecule has 0 fully saturated rings. The largest absolute Gasteiger partial charge is 0.483 e. The monoisotopic (exact) mass is 423 g/mol. The van der Waals surface area contributed by atoms with Gasteiger partial charge in [-0.2, -0.15) is 0 Å². The molecule has 2 aromatic carbocycles. The van der Waals surface area contributed by atoms with Crippen molar-refractivity contribution >= 4 is 28.3 Å². The Labute approximate surface area is 180 Å². The Bertz CT molecular complexity index is 1040. The second kappa shape index (κ2) is 9.54. The molecule has 0 spiro atoms. The summed E-state index contributed by atoms with van der Waals surface area (Å²) in [6.07, 6.45) is 0. The van der Waals surface area contributed by atoms with Crippen molar-refractivity contribution < 1.29 is 14.3 Å². The van der Waals surface area contributed by atoms with E-state index in [9.17, 15) is 9.59 Å². The van der Waals surface area contributed by atoms with E-state index in [0.29, 0.717) is 10.9 Å². The third-order valence-corrected chi connectivity index (χ3v) is 5.32. The van der Waals surface area contributed by atoms with Gasteiger partial charge in [0.05, 0.1) is 11.7 Å². The fraction of sp³-hybridized carbons (Fsp3) is 0.261. The molecule has 2 amide bonds. The number of carbonyl (C=O) groups excluding carboxylic acids is 2. The van der Waals surface area contributed by atoms with Crippen LogP contribution in [0.3, 0.4) is 0 Å². The first-order valence-electron chi connectivity index (χ1n) is 9.64. The van der Waals surface area contributed by atoms with Gasteiger partial charge in [0.15, 0.2) is 11.7 Å². The quantitative estimate of drug-likeness (QED) is 0.580. The van der Waals surface area contributed by atoms with E-state index in [4.69, 9.17) is 4.74 Å². The van der Waals surface area contributed by atoms with Gasteiger partial charge in [0.25, 0.3) is 5.91 Å². The number of ether oxygens (including phenoxy) is 1. The number of anilines is 1.